The topological polar surface area (TPSA) is 67.8 Å². The van der Waals surface area contributed by atoms with Gasteiger partial charge in [-0.25, -0.2) is 4.79 Å². The molecule has 5 heteroatoms. The van der Waals surface area contributed by atoms with Crippen molar-refractivity contribution in [2.24, 2.45) is 5.41 Å². The van der Waals surface area contributed by atoms with E-state index < -0.39 is 6.09 Å². The van der Waals surface area contributed by atoms with E-state index in [1.165, 1.54) is 0 Å². The lowest BCUT2D eigenvalue weighted by molar-refractivity contribution is 0.0379. The highest BCUT2D eigenvalue weighted by atomic mass is 16.6. The third kappa shape index (κ3) is 3.60. The van der Waals surface area contributed by atoms with Gasteiger partial charge in [0.05, 0.1) is 6.04 Å². The number of rotatable bonds is 2. The third-order valence-corrected chi connectivity index (χ3v) is 3.35. The lowest BCUT2D eigenvalue weighted by Crippen LogP contribution is -2.46. The highest BCUT2D eigenvalue weighted by Gasteiger charge is 2.39. The minimum atomic E-state index is -0.471. The van der Waals surface area contributed by atoms with Gasteiger partial charge in [-0.1, -0.05) is 13.8 Å². The van der Waals surface area contributed by atoms with Crippen molar-refractivity contribution in [2.75, 3.05) is 6.61 Å². The third-order valence-electron chi connectivity index (χ3n) is 3.35. The number of hydrogen-bond acceptors (Lipinski definition) is 4. The van der Waals surface area contributed by atoms with E-state index in [9.17, 15) is 9.90 Å². The molecule has 0 radical (unpaired) electrons. The van der Waals surface area contributed by atoms with Crippen molar-refractivity contribution in [3.8, 4) is 11.5 Å². The molecule has 0 bridgehead atoms. The molecule has 1 fully saturated rings. The number of nitrogens with one attached hydrogen (secondary N) is 1. The van der Waals surface area contributed by atoms with Gasteiger partial charge in [0, 0.05) is 11.0 Å². The Labute approximate surface area is 125 Å². The molecular weight excluding hydrogens is 270 g/mol. The molecule has 2 rings (SSSR count). The van der Waals surface area contributed by atoms with Crippen molar-refractivity contribution in [3.05, 3.63) is 23.8 Å². The zero-order chi connectivity index (χ0) is 15.8. The molecule has 1 aromatic carbocycles. The Morgan fingerprint density at radius 2 is 2.05 bits per heavy atom. The second-order valence-electron chi connectivity index (χ2n) is 7.08. The van der Waals surface area contributed by atoms with Crippen LogP contribution in [0.15, 0.2) is 18.2 Å². The van der Waals surface area contributed by atoms with Crippen molar-refractivity contribution in [1.82, 2.24) is 5.32 Å². The summed E-state index contributed by atoms with van der Waals surface area (Å²) in [5.74, 6) is 0.795. The molecule has 0 unspecified atom stereocenters. The molecule has 0 aliphatic carbocycles. The zero-order valence-corrected chi connectivity index (χ0v) is 13.2. The van der Waals surface area contributed by atoms with E-state index in [1.807, 2.05) is 34.6 Å². The number of ether oxygens (including phenoxy) is 2. The second kappa shape index (κ2) is 5.13. The number of benzene rings is 1. The lowest BCUT2D eigenvalue weighted by Gasteiger charge is -2.38. The maximum Gasteiger partial charge on any atom is 0.407 e. The summed E-state index contributed by atoms with van der Waals surface area (Å²) in [5, 5.41) is 12.9. The molecule has 2 N–H and O–H groups in total. The summed E-state index contributed by atoms with van der Waals surface area (Å²) in [4.78, 5) is 11.5. The van der Waals surface area contributed by atoms with Gasteiger partial charge in [0.2, 0.25) is 0 Å². The fourth-order valence-electron chi connectivity index (χ4n) is 2.37. The van der Waals surface area contributed by atoms with Crippen LogP contribution in [0, 0.1) is 5.41 Å². The van der Waals surface area contributed by atoms with Crippen LogP contribution in [0.25, 0.3) is 0 Å². The summed E-state index contributed by atoms with van der Waals surface area (Å²) < 4.78 is 10.9. The van der Waals surface area contributed by atoms with Crippen molar-refractivity contribution < 1.29 is 19.4 Å². The SMILES string of the molecule is CC(C)(C)Oc1ccc(O)c([C@@H]2NC(=O)OCC2(C)C)c1. The second-order valence-corrected chi connectivity index (χ2v) is 7.08. The van der Waals surface area contributed by atoms with Crippen LogP contribution in [0.2, 0.25) is 0 Å². The fourth-order valence-corrected chi connectivity index (χ4v) is 2.37. The van der Waals surface area contributed by atoms with Crippen molar-refractivity contribution in [2.45, 2.75) is 46.3 Å². The smallest absolute Gasteiger partial charge is 0.407 e. The van der Waals surface area contributed by atoms with E-state index in [-0.39, 0.29) is 22.8 Å². The first-order valence-corrected chi connectivity index (χ1v) is 7.04. The van der Waals surface area contributed by atoms with Crippen LogP contribution in [0.4, 0.5) is 4.79 Å². The quantitative estimate of drug-likeness (QED) is 0.877. The first-order chi connectivity index (χ1) is 9.58. The maximum atomic E-state index is 11.5. The van der Waals surface area contributed by atoms with Gasteiger partial charge in [0.25, 0.3) is 0 Å². The Balaban J connectivity index is 2.37. The average molecular weight is 293 g/mol. The standard InChI is InChI=1S/C16H23NO4/c1-15(2,3)21-10-6-7-12(18)11(8-10)13-16(4,5)9-20-14(19)17-13/h6-8,13,18H,9H2,1-5H3,(H,17,19)/t13-/m0/s1. The average Bonchev–Trinajstić information content (AvgIpc) is 2.33. The molecular formula is C16H23NO4. The van der Waals surface area contributed by atoms with E-state index in [0.717, 1.165) is 0 Å². The molecule has 1 aromatic rings. The molecule has 0 saturated carbocycles. The number of aromatic hydroxyl groups is 1. The van der Waals surface area contributed by atoms with Gasteiger partial charge in [-0.3, -0.25) is 0 Å². The number of amides is 1. The molecule has 1 amide bonds. The van der Waals surface area contributed by atoms with Crippen LogP contribution < -0.4 is 10.1 Å². The molecule has 116 valence electrons. The Kier molecular flexibility index (Phi) is 3.78. The summed E-state index contributed by atoms with van der Waals surface area (Å²) in [6.45, 7) is 10.1. The van der Waals surface area contributed by atoms with E-state index in [0.29, 0.717) is 17.9 Å². The zero-order valence-electron chi connectivity index (χ0n) is 13.2. The van der Waals surface area contributed by atoms with E-state index in [2.05, 4.69) is 5.32 Å². The predicted octanol–water partition coefficient (Wildman–Crippen LogP) is 3.38. The van der Waals surface area contributed by atoms with Gasteiger partial charge in [0.15, 0.2) is 0 Å². The Morgan fingerprint density at radius 3 is 2.67 bits per heavy atom. The van der Waals surface area contributed by atoms with Crippen molar-refractivity contribution >= 4 is 6.09 Å². The largest absolute Gasteiger partial charge is 0.508 e. The van der Waals surface area contributed by atoms with Crippen LogP contribution >= 0.6 is 0 Å². The predicted molar refractivity (Wildman–Crippen MR) is 79.5 cm³/mol. The summed E-state index contributed by atoms with van der Waals surface area (Å²) in [5.41, 5.74) is -0.0209. The van der Waals surface area contributed by atoms with Crippen LogP contribution in [-0.4, -0.2) is 23.4 Å². The van der Waals surface area contributed by atoms with Gasteiger partial charge in [-0.2, -0.15) is 0 Å². The summed E-state index contributed by atoms with van der Waals surface area (Å²) in [6, 6.07) is 4.76. The van der Waals surface area contributed by atoms with Crippen molar-refractivity contribution in [1.29, 1.82) is 0 Å². The Bertz CT molecular complexity index is 546. The Hall–Kier alpha value is -1.91. The summed E-state index contributed by atoms with van der Waals surface area (Å²) in [6.07, 6.45) is -0.471. The molecule has 5 nitrogen and oxygen atoms in total. The number of phenolic OH excluding ortho intramolecular Hbond substituents is 1. The van der Waals surface area contributed by atoms with E-state index in [1.54, 1.807) is 18.2 Å². The number of hydrogen-bond donors (Lipinski definition) is 2. The monoisotopic (exact) mass is 293 g/mol. The number of cyclic esters (lactones) is 1. The van der Waals surface area contributed by atoms with Gasteiger partial charge in [-0.15, -0.1) is 0 Å². The number of phenols is 1. The minimum Gasteiger partial charge on any atom is -0.508 e. The Morgan fingerprint density at radius 1 is 1.38 bits per heavy atom. The number of carbonyl (C=O) groups excluding carboxylic acids is 1. The first kappa shape index (κ1) is 15.5. The fraction of sp³-hybridized carbons (Fsp3) is 0.562. The van der Waals surface area contributed by atoms with Crippen LogP contribution in [-0.2, 0) is 4.74 Å². The van der Waals surface area contributed by atoms with E-state index in [4.69, 9.17) is 9.47 Å². The molecule has 1 heterocycles. The van der Waals surface area contributed by atoms with Gasteiger partial charge < -0.3 is 19.9 Å². The lowest BCUT2D eigenvalue weighted by atomic mass is 9.80. The van der Waals surface area contributed by atoms with Gasteiger partial charge in [-0.05, 0) is 39.0 Å². The highest BCUT2D eigenvalue weighted by molar-refractivity contribution is 5.69. The molecule has 1 atom stereocenters. The highest BCUT2D eigenvalue weighted by Crippen LogP contribution is 2.41. The minimum absolute atomic E-state index is 0.136. The molecule has 0 aromatic heterocycles. The van der Waals surface area contributed by atoms with Crippen LogP contribution in [0.3, 0.4) is 0 Å². The molecule has 1 saturated heterocycles. The molecule has 0 spiro atoms. The first-order valence-electron chi connectivity index (χ1n) is 7.04. The van der Waals surface area contributed by atoms with Crippen molar-refractivity contribution in [3.63, 3.8) is 0 Å². The molecule has 1 aliphatic heterocycles. The summed E-state index contributed by atoms with van der Waals surface area (Å²) >= 11 is 0. The normalized spacial score (nSPS) is 21.4. The van der Waals surface area contributed by atoms with E-state index >= 15 is 0 Å². The molecule has 1 aliphatic rings. The number of alkyl carbamates (subject to hydrolysis) is 1. The maximum absolute atomic E-state index is 11.5. The van der Waals surface area contributed by atoms with Gasteiger partial charge >= 0.3 is 6.09 Å². The molecule has 21 heavy (non-hydrogen) atoms. The van der Waals surface area contributed by atoms with Gasteiger partial charge in [0.1, 0.15) is 23.7 Å². The van der Waals surface area contributed by atoms with Crippen LogP contribution in [0.1, 0.15) is 46.2 Å². The summed E-state index contributed by atoms with van der Waals surface area (Å²) in [7, 11) is 0. The van der Waals surface area contributed by atoms with Crippen LogP contribution in [0.5, 0.6) is 11.5 Å². The number of carbonyl (C=O) groups is 1.